The van der Waals surface area contributed by atoms with Gasteiger partial charge >= 0.3 is 11.9 Å². The van der Waals surface area contributed by atoms with Crippen LogP contribution in [-0.2, 0) is 23.8 Å². The van der Waals surface area contributed by atoms with Crippen molar-refractivity contribution in [3.8, 4) is 0 Å². The largest absolute Gasteiger partial charge is 0.466 e. The van der Waals surface area contributed by atoms with E-state index in [1.165, 1.54) is 7.11 Å². The summed E-state index contributed by atoms with van der Waals surface area (Å²) < 4.78 is 29.4. The van der Waals surface area contributed by atoms with Crippen LogP contribution in [0.2, 0.25) is 5.02 Å². The van der Waals surface area contributed by atoms with E-state index in [-0.39, 0.29) is 48.9 Å². The number of nitrogens with one attached hydrogen (secondary N) is 1. The van der Waals surface area contributed by atoms with E-state index in [1.807, 2.05) is 0 Å². The quantitative estimate of drug-likeness (QED) is 0.461. The highest BCUT2D eigenvalue weighted by molar-refractivity contribution is 6.31. The van der Waals surface area contributed by atoms with Gasteiger partial charge in [0, 0.05) is 11.6 Å². The molecule has 29 heavy (non-hydrogen) atoms. The lowest BCUT2D eigenvalue weighted by Gasteiger charge is -2.32. The number of allylic oxidation sites excluding steroid dienone is 1. The van der Waals surface area contributed by atoms with E-state index in [9.17, 15) is 14.0 Å². The fraction of sp³-hybridized carbons (Fsp3) is 0.400. The summed E-state index contributed by atoms with van der Waals surface area (Å²) in [5.74, 6) is -2.44. The van der Waals surface area contributed by atoms with Crippen LogP contribution in [-0.4, -0.2) is 52.1 Å². The Balaban J connectivity index is 2.72. The number of carbonyl (C=O) groups excluding carboxylic acids is 2. The number of methoxy groups -OCH3 is 1. The van der Waals surface area contributed by atoms with Gasteiger partial charge in [0.2, 0.25) is 0 Å². The minimum atomic E-state index is -0.987. The summed E-state index contributed by atoms with van der Waals surface area (Å²) in [5, 5.41) is 3.12. The summed E-state index contributed by atoms with van der Waals surface area (Å²) in [5.41, 5.74) is 6.21. The average molecular weight is 427 g/mol. The van der Waals surface area contributed by atoms with Gasteiger partial charge in [-0.3, -0.25) is 0 Å². The third-order valence-corrected chi connectivity index (χ3v) is 4.63. The van der Waals surface area contributed by atoms with Gasteiger partial charge in [-0.05, 0) is 18.6 Å². The van der Waals surface area contributed by atoms with Gasteiger partial charge in [-0.2, -0.15) is 0 Å². The SMILES string of the molecule is CCOC(=O)C1=C(COCCN)NC(CF)=C(C(=O)OC)C1c1ccccc1Cl. The van der Waals surface area contributed by atoms with E-state index < -0.39 is 24.5 Å². The minimum Gasteiger partial charge on any atom is -0.466 e. The number of rotatable bonds is 9. The van der Waals surface area contributed by atoms with Gasteiger partial charge in [0.15, 0.2) is 0 Å². The molecule has 1 heterocycles. The molecule has 0 aliphatic carbocycles. The van der Waals surface area contributed by atoms with Crippen LogP contribution in [0, 0.1) is 0 Å². The van der Waals surface area contributed by atoms with E-state index in [1.54, 1.807) is 31.2 Å². The predicted octanol–water partition coefficient (Wildman–Crippen LogP) is 2.22. The van der Waals surface area contributed by atoms with Crippen LogP contribution in [0.3, 0.4) is 0 Å². The van der Waals surface area contributed by atoms with Gasteiger partial charge < -0.3 is 25.3 Å². The number of nitrogens with two attached hydrogens (primary N) is 1. The molecule has 0 bridgehead atoms. The summed E-state index contributed by atoms with van der Waals surface area (Å²) in [4.78, 5) is 25.4. The van der Waals surface area contributed by atoms with Crippen molar-refractivity contribution in [1.29, 1.82) is 0 Å². The van der Waals surface area contributed by atoms with Crippen molar-refractivity contribution in [3.63, 3.8) is 0 Å². The van der Waals surface area contributed by atoms with Crippen LogP contribution in [0.15, 0.2) is 46.8 Å². The van der Waals surface area contributed by atoms with Crippen LogP contribution in [0.1, 0.15) is 18.4 Å². The first kappa shape index (κ1) is 22.9. The first-order valence-electron chi connectivity index (χ1n) is 9.06. The molecule has 1 aromatic rings. The summed E-state index contributed by atoms with van der Waals surface area (Å²) in [6.45, 7) is 1.24. The molecule has 7 nitrogen and oxygen atoms in total. The molecule has 2 rings (SSSR count). The van der Waals surface area contributed by atoms with Gasteiger partial charge in [-0.1, -0.05) is 29.8 Å². The van der Waals surface area contributed by atoms with Gasteiger partial charge in [0.05, 0.1) is 55.4 Å². The molecule has 0 amide bonds. The van der Waals surface area contributed by atoms with E-state index in [0.717, 1.165) is 0 Å². The molecule has 3 N–H and O–H groups in total. The average Bonchev–Trinajstić information content (AvgIpc) is 2.72. The molecule has 0 saturated heterocycles. The Morgan fingerprint density at radius 1 is 1.21 bits per heavy atom. The number of hydrogen-bond donors (Lipinski definition) is 2. The zero-order valence-corrected chi connectivity index (χ0v) is 17.1. The van der Waals surface area contributed by atoms with E-state index in [4.69, 9.17) is 31.5 Å². The second-order valence-corrected chi connectivity index (χ2v) is 6.46. The van der Waals surface area contributed by atoms with Crippen LogP contribution < -0.4 is 11.1 Å². The smallest absolute Gasteiger partial charge is 0.336 e. The lowest BCUT2D eigenvalue weighted by molar-refractivity contribution is -0.139. The fourth-order valence-corrected chi connectivity index (χ4v) is 3.35. The number of ether oxygens (including phenoxy) is 3. The second kappa shape index (κ2) is 10.9. The Kier molecular flexibility index (Phi) is 8.63. The molecular weight excluding hydrogens is 403 g/mol. The Hall–Kier alpha value is -2.42. The van der Waals surface area contributed by atoms with Crippen LogP contribution in [0.25, 0.3) is 0 Å². The highest BCUT2D eigenvalue weighted by atomic mass is 35.5. The second-order valence-electron chi connectivity index (χ2n) is 6.05. The first-order chi connectivity index (χ1) is 14.0. The summed E-state index contributed by atoms with van der Waals surface area (Å²) in [6.07, 6.45) is 0. The molecule has 158 valence electrons. The molecule has 1 aromatic carbocycles. The number of carbonyl (C=O) groups is 2. The van der Waals surface area contributed by atoms with Crippen molar-refractivity contribution in [2.24, 2.45) is 5.73 Å². The van der Waals surface area contributed by atoms with Crippen LogP contribution in [0.5, 0.6) is 0 Å². The zero-order chi connectivity index (χ0) is 21.4. The Morgan fingerprint density at radius 3 is 2.48 bits per heavy atom. The minimum absolute atomic E-state index is 0.0267. The van der Waals surface area contributed by atoms with E-state index in [2.05, 4.69) is 5.32 Å². The molecule has 0 saturated carbocycles. The maximum Gasteiger partial charge on any atom is 0.336 e. The molecule has 1 aliphatic rings. The van der Waals surface area contributed by atoms with Gasteiger partial charge in [-0.25, -0.2) is 14.0 Å². The summed E-state index contributed by atoms with van der Waals surface area (Å²) in [7, 11) is 1.18. The zero-order valence-electron chi connectivity index (χ0n) is 16.3. The van der Waals surface area contributed by atoms with Gasteiger partial charge in [0.25, 0.3) is 0 Å². The van der Waals surface area contributed by atoms with Crippen molar-refractivity contribution in [1.82, 2.24) is 5.32 Å². The lowest BCUT2D eigenvalue weighted by atomic mass is 9.80. The Labute approximate surface area is 173 Å². The number of hydrogen-bond acceptors (Lipinski definition) is 7. The number of alkyl halides is 1. The normalized spacial score (nSPS) is 16.5. The molecule has 1 unspecified atom stereocenters. The number of halogens is 2. The molecule has 9 heteroatoms. The molecule has 0 fully saturated rings. The Bertz CT molecular complexity index is 825. The number of esters is 2. The van der Waals surface area contributed by atoms with E-state index >= 15 is 0 Å². The topological polar surface area (TPSA) is 99.9 Å². The predicted molar refractivity (Wildman–Crippen MR) is 106 cm³/mol. The number of benzene rings is 1. The van der Waals surface area contributed by atoms with Crippen LogP contribution in [0.4, 0.5) is 4.39 Å². The first-order valence-corrected chi connectivity index (χ1v) is 9.44. The standard InChI is InChI=1S/C20H24ClFN2O5/c1-3-29-20(26)18-15(11-28-9-8-23)24-14(10-22)17(19(25)27-2)16(18)12-6-4-5-7-13(12)21/h4-7,16,24H,3,8-11,23H2,1-2H3. The molecule has 1 aliphatic heterocycles. The third-order valence-electron chi connectivity index (χ3n) is 4.29. The van der Waals surface area contributed by atoms with E-state index in [0.29, 0.717) is 10.6 Å². The third kappa shape index (κ3) is 5.14. The lowest BCUT2D eigenvalue weighted by Crippen LogP contribution is -2.36. The number of dihydropyridines is 1. The maximum absolute atomic E-state index is 13.9. The highest BCUT2D eigenvalue weighted by Crippen LogP contribution is 2.42. The van der Waals surface area contributed by atoms with Gasteiger partial charge in [-0.15, -0.1) is 0 Å². The van der Waals surface area contributed by atoms with Crippen molar-refractivity contribution in [2.45, 2.75) is 12.8 Å². The van der Waals surface area contributed by atoms with Crippen LogP contribution >= 0.6 is 11.6 Å². The molecule has 1 atom stereocenters. The molecule has 0 spiro atoms. The van der Waals surface area contributed by atoms with Crippen molar-refractivity contribution < 1.29 is 28.2 Å². The van der Waals surface area contributed by atoms with Gasteiger partial charge in [0.1, 0.15) is 6.67 Å². The summed E-state index contributed by atoms with van der Waals surface area (Å²) >= 11 is 6.37. The highest BCUT2D eigenvalue weighted by Gasteiger charge is 2.40. The fourth-order valence-electron chi connectivity index (χ4n) is 3.11. The van der Waals surface area contributed by atoms with Crippen molar-refractivity contribution in [2.75, 3.05) is 40.1 Å². The Morgan fingerprint density at radius 2 is 1.90 bits per heavy atom. The molecule has 0 radical (unpaired) electrons. The maximum atomic E-state index is 13.9. The monoisotopic (exact) mass is 426 g/mol. The summed E-state index contributed by atoms with van der Waals surface area (Å²) in [6, 6.07) is 6.70. The molecular formula is C20H24ClFN2O5. The van der Waals surface area contributed by atoms with Crippen molar-refractivity contribution >= 4 is 23.5 Å². The molecule has 0 aromatic heterocycles. The van der Waals surface area contributed by atoms with Crippen molar-refractivity contribution in [3.05, 3.63) is 57.4 Å².